The molecule has 1 aliphatic heterocycles. The number of carbonyl (C=O) groups is 1. The molecule has 1 fully saturated rings. The average Bonchev–Trinajstić information content (AvgIpc) is 3.27. The van der Waals surface area contributed by atoms with Gasteiger partial charge in [0.15, 0.2) is 11.5 Å². The van der Waals surface area contributed by atoms with Gasteiger partial charge >= 0.3 is 6.18 Å². The van der Waals surface area contributed by atoms with Gasteiger partial charge in [0, 0.05) is 37.4 Å². The van der Waals surface area contributed by atoms with E-state index < -0.39 is 17.8 Å². The van der Waals surface area contributed by atoms with Crippen molar-refractivity contribution in [2.75, 3.05) is 25.5 Å². The van der Waals surface area contributed by atoms with Gasteiger partial charge in [-0.1, -0.05) is 12.1 Å². The molecule has 0 radical (unpaired) electrons. The van der Waals surface area contributed by atoms with Gasteiger partial charge in [-0.2, -0.15) is 13.2 Å². The zero-order chi connectivity index (χ0) is 25.3. The number of halogens is 3. The molecule has 4 rings (SSSR count). The van der Waals surface area contributed by atoms with Crippen molar-refractivity contribution < 1.29 is 27.4 Å². The van der Waals surface area contributed by atoms with E-state index in [2.05, 4.69) is 15.3 Å². The van der Waals surface area contributed by atoms with Gasteiger partial charge in [0.2, 0.25) is 5.91 Å². The van der Waals surface area contributed by atoms with Gasteiger partial charge in [0.1, 0.15) is 17.7 Å². The molecule has 2 heterocycles. The third-order valence-corrected chi connectivity index (χ3v) is 6.04. The number of nitrogens with zero attached hydrogens (tertiary/aromatic N) is 3. The molecule has 2 atom stereocenters. The van der Waals surface area contributed by atoms with Crippen molar-refractivity contribution in [1.82, 2.24) is 14.9 Å². The monoisotopic (exact) mass is 488 g/mol. The number of methoxy groups -OCH3 is 1. The number of alkyl halides is 3. The Labute approximate surface area is 201 Å². The van der Waals surface area contributed by atoms with Gasteiger partial charge in [-0.3, -0.25) is 4.79 Å². The minimum Gasteiger partial charge on any atom is -0.493 e. The van der Waals surface area contributed by atoms with Gasteiger partial charge in [0.25, 0.3) is 0 Å². The Kier molecular flexibility index (Phi) is 6.73. The Morgan fingerprint density at radius 1 is 1.20 bits per heavy atom. The standard InChI is InChI=1S/C25H27F3N4O3/c1-14(17-6-5-7-18(10-17)25(26,27)28)29-24-20-11-23(35-19-8-9-32(13-19)16(3)33)22(34-4)12-21(20)30-15(2)31-24/h5-7,10-12,14,19H,8-9,13H2,1-4H3,(H,29,30,31)/t14-,19+/m1/s1. The van der Waals surface area contributed by atoms with Gasteiger partial charge in [-0.15, -0.1) is 0 Å². The first kappa shape index (κ1) is 24.6. The summed E-state index contributed by atoms with van der Waals surface area (Å²) >= 11 is 0. The molecule has 186 valence electrons. The Balaban J connectivity index is 1.66. The molecular weight excluding hydrogens is 461 g/mol. The fraction of sp³-hybridized carbons (Fsp3) is 0.400. The van der Waals surface area contributed by atoms with Crippen LogP contribution in [-0.2, 0) is 11.0 Å². The Bertz CT molecular complexity index is 1250. The Morgan fingerprint density at radius 3 is 2.63 bits per heavy atom. The quantitative estimate of drug-likeness (QED) is 0.518. The summed E-state index contributed by atoms with van der Waals surface area (Å²) in [6.45, 7) is 6.15. The molecule has 35 heavy (non-hydrogen) atoms. The second-order valence-electron chi connectivity index (χ2n) is 8.62. The number of nitrogens with one attached hydrogen (secondary N) is 1. The van der Waals surface area contributed by atoms with E-state index in [1.165, 1.54) is 20.1 Å². The van der Waals surface area contributed by atoms with E-state index in [4.69, 9.17) is 9.47 Å². The molecule has 1 saturated heterocycles. The maximum absolute atomic E-state index is 13.2. The first-order valence-corrected chi connectivity index (χ1v) is 11.3. The van der Waals surface area contributed by atoms with Crippen molar-refractivity contribution >= 4 is 22.6 Å². The number of carbonyl (C=O) groups excluding carboxylic acids is 1. The van der Waals surface area contributed by atoms with Gasteiger partial charge in [-0.25, -0.2) is 9.97 Å². The zero-order valence-corrected chi connectivity index (χ0v) is 19.9. The smallest absolute Gasteiger partial charge is 0.416 e. The van der Waals surface area contributed by atoms with Crippen LogP contribution >= 0.6 is 0 Å². The molecule has 0 aliphatic carbocycles. The molecule has 0 spiro atoms. The predicted molar refractivity (Wildman–Crippen MR) is 126 cm³/mol. The highest BCUT2D eigenvalue weighted by Crippen LogP contribution is 2.37. The van der Waals surface area contributed by atoms with Gasteiger partial charge in [-0.05, 0) is 37.6 Å². The molecule has 2 aromatic carbocycles. The highest BCUT2D eigenvalue weighted by molar-refractivity contribution is 5.92. The lowest BCUT2D eigenvalue weighted by Gasteiger charge is -2.20. The van der Waals surface area contributed by atoms with E-state index >= 15 is 0 Å². The summed E-state index contributed by atoms with van der Waals surface area (Å²) in [6, 6.07) is 8.27. The van der Waals surface area contributed by atoms with E-state index in [-0.39, 0.29) is 12.0 Å². The van der Waals surface area contributed by atoms with Gasteiger partial charge < -0.3 is 19.7 Å². The molecule has 3 aromatic rings. The average molecular weight is 489 g/mol. The molecule has 0 unspecified atom stereocenters. The minimum absolute atomic E-state index is 0.000480. The zero-order valence-electron chi connectivity index (χ0n) is 19.9. The molecule has 1 amide bonds. The number of hydrogen-bond acceptors (Lipinski definition) is 6. The summed E-state index contributed by atoms with van der Waals surface area (Å²) in [4.78, 5) is 22.4. The number of rotatable bonds is 6. The maximum Gasteiger partial charge on any atom is 0.416 e. The second-order valence-corrected chi connectivity index (χ2v) is 8.62. The van der Waals surface area contributed by atoms with E-state index in [0.717, 1.165) is 12.1 Å². The SMILES string of the molecule is COc1cc2nc(C)nc(N[C@H](C)c3cccc(C(F)(F)F)c3)c2cc1O[C@H]1CCN(C(C)=O)C1. The third-order valence-electron chi connectivity index (χ3n) is 6.04. The summed E-state index contributed by atoms with van der Waals surface area (Å²) in [5, 5.41) is 3.88. The fourth-order valence-corrected chi connectivity index (χ4v) is 4.18. The summed E-state index contributed by atoms with van der Waals surface area (Å²) < 4.78 is 51.3. The molecule has 10 heteroatoms. The van der Waals surface area contributed by atoms with E-state index in [1.54, 1.807) is 36.9 Å². The second kappa shape index (κ2) is 9.59. The van der Waals surface area contributed by atoms with Crippen LogP contribution in [0.4, 0.5) is 19.0 Å². The number of hydrogen-bond donors (Lipinski definition) is 1. The lowest BCUT2D eigenvalue weighted by atomic mass is 10.0. The summed E-state index contributed by atoms with van der Waals surface area (Å²) in [7, 11) is 1.54. The van der Waals surface area contributed by atoms with Crippen molar-refractivity contribution in [2.45, 2.75) is 45.5 Å². The molecule has 1 N–H and O–H groups in total. The number of likely N-dealkylation sites (tertiary alicyclic amines) is 1. The van der Waals surface area contributed by atoms with Crippen LogP contribution in [0.15, 0.2) is 36.4 Å². The number of amides is 1. The summed E-state index contributed by atoms with van der Waals surface area (Å²) in [6.07, 6.45) is -3.91. The normalized spacial score (nSPS) is 16.9. The van der Waals surface area contributed by atoms with Crippen LogP contribution in [0.3, 0.4) is 0 Å². The first-order chi connectivity index (χ1) is 16.5. The molecule has 0 saturated carbocycles. The van der Waals surface area contributed by atoms with Crippen molar-refractivity contribution in [3.8, 4) is 11.5 Å². The van der Waals surface area contributed by atoms with Crippen molar-refractivity contribution in [2.24, 2.45) is 0 Å². The molecular formula is C25H27F3N4O3. The Morgan fingerprint density at radius 2 is 1.97 bits per heavy atom. The number of ether oxygens (including phenoxy) is 2. The fourth-order valence-electron chi connectivity index (χ4n) is 4.18. The van der Waals surface area contributed by atoms with Crippen molar-refractivity contribution in [1.29, 1.82) is 0 Å². The number of benzene rings is 2. The number of aromatic nitrogens is 2. The largest absolute Gasteiger partial charge is 0.493 e. The predicted octanol–water partition coefficient (Wildman–Crippen LogP) is 5.14. The van der Waals surface area contributed by atoms with Crippen LogP contribution in [0.5, 0.6) is 11.5 Å². The summed E-state index contributed by atoms with van der Waals surface area (Å²) in [5.74, 6) is 1.95. The number of anilines is 1. The van der Waals surface area contributed by atoms with Gasteiger partial charge in [0.05, 0.1) is 24.7 Å². The highest BCUT2D eigenvalue weighted by Gasteiger charge is 2.31. The van der Waals surface area contributed by atoms with E-state index in [0.29, 0.717) is 59.1 Å². The molecule has 0 bridgehead atoms. The number of aryl methyl sites for hydroxylation is 1. The maximum atomic E-state index is 13.2. The topological polar surface area (TPSA) is 76.6 Å². The first-order valence-electron chi connectivity index (χ1n) is 11.3. The van der Waals surface area contributed by atoms with E-state index in [9.17, 15) is 18.0 Å². The molecule has 7 nitrogen and oxygen atoms in total. The van der Waals surface area contributed by atoms with Crippen molar-refractivity contribution in [3.63, 3.8) is 0 Å². The van der Waals surface area contributed by atoms with Crippen LogP contribution in [0, 0.1) is 6.92 Å². The third kappa shape index (κ3) is 5.41. The van der Waals surface area contributed by atoms with Crippen LogP contribution < -0.4 is 14.8 Å². The lowest BCUT2D eigenvalue weighted by Crippen LogP contribution is -2.28. The Hall–Kier alpha value is -3.56. The molecule has 1 aliphatic rings. The van der Waals surface area contributed by atoms with Crippen LogP contribution in [0.1, 0.15) is 43.3 Å². The van der Waals surface area contributed by atoms with Crippen LogP contribution in [0.25, 0.3) is 10.9 Å². The highest BCUT2D eigenvalue weighted by atomic mass is 19.4. The van der Waals surface area contributed by atoms with Crippen LogP contribution in [-0.4, -0.2) is 47.1 Å². The lowest BCUT2D eigenvalue weighted by molar-refractivity contribution is -0.137. The van der Waals surface area contributed by atoms with Crippen molar-refractivity contribution in [3.05, 3.63) is 53.3 Å². The summed E-state index contributed by atoms with van der Waals surface area (Å²) in [5.41, 5.74) is 0.380. The molecule has 1 aromatic heterocycles. The van der Waals surface area contributed by atoms with Crippen LogP contribution in [0.2, 0.25) is 0 Å². The van der Waals surface area contributed by atoms with E-state index in [1.807, 2.05) is 0 Å². The number of fused-ring (bicyclic) bond motifs is 1. The minimum atomic E-state index is -4.42.